The Morgan fingerprint density at radius 2 is 1.90 bits per heavy atom. The quantitative estimate of drug-likeness (QED) is 0.868. The molecule has 2 rings (SSSR count). The average molecular weight is 280 g/mol. The summed E-state index contributed by atoms with van der Waals surface area (Å²) in [6.45, 7) is 1.73. The van der Waals surface area contributed by atoms with E-state index in [0.717, 1.165) is 5.56 Å². The highest BCUT2D eigenvalue weighted by atomic mass is 16.5. The lowest BCUT2D eigenvalue weighted by atomic mass is 10.1. The van der Waals surface area contributed by atoms with Gasteiger partial charge in [-0.15, -0.1) is 0 Å². The molecule has 0 amide bonds. The summed E-state index contributed by atoms with van der Waals surface area (Å²) in [6.07, 6.45) is 0.857. The van der Waals surface area contributed by atoms with Crippen LogP contribution in [-0.2, 0) is 4.74 Å². The highest BCUT2D eigenvalue weighted by Gasteiger charge is 2.38. The van der Waals surface area contributed by atoms with Gasteiger partial charge in [0.1, 0.15) is 29.8 Å². The van der Waals surface area contributed by atoms with Gasteiger partial charge in [0.25, 0.3) is 0 Å². The lowest BCUT2D eigenvalue weighted by Crippen LogP contribution is -2.30. The molecule has 0 saturated carbocycles. The SMILES string of the molecule is COc1ccc(/C=C/[C@H]2O[C@@H](C)[C@H](O)[C@@H]2O)c(OC)c1. The van der Waals surface area contributed by atoms with Crippen molar-refractivity contribution in [2.75, 3.05) is 14.2 Å². The van der Waals surface area contributed by atoms with Crippen LogP contribution >= 0.6 is 0 Å². The molecule has 0 spiro atoms. The fraction of sp³-hybridized carbons (Fsp3) is 0.467. The largest absolute Gasteiger partial charge is 0.497 e. The van der Waals surface area contributed by atoms with Crippen LogP contribution in [0.2, 0.25) is 0 Å². The number of hydrogen-bond donors (Lipinski definition) is 2. The molecule has 1 heterocycles. The lowest BCUT2D eigenvalue weighted by molar-refractivity contribution is 0.0316. The topological polar surface area (TPSA) is 68.2 Å². The van der Waals surface area contributed by atoms with Crippen LogP contribution in [0.1, 0.15) is 12.5 Å². The van der Waals surface area contributed by atoms with Crippen molar-refractivity contribution in [3.63, 3.8) is 0 Å². The number of hydrogen-bond acceptors (Lipinski definition) is 5. The summed E-state index contributed by atoms with van der Waals surface area (Å²) in [6, 6.07) is 5.46. The van der Waals surface area contributed by atoms with Crippen molar-refractivity contribution in [2.45, 2.75) is 31.3 Å². The standard InChI is InChI=1S/C15H20O5/c1-9-14(16)15(17)12(20-9)7-5-10-4-6-11(18-2)8-13(10)19-3/h4-9,12,14-17H,1-3H3/b7-5+/t9-,12+,14-,15+/m0/s1. The predicted octanol–water partition coefficient (Wildman–Crippen LogP) is 1.23. The van der Waals surface area contributed by atoms with Gasteiger partial charge in [-0.3, -0.25) is 0 Å². The zero-order valence-corrected chi connectivity index (χ0v) is 11.8. The first-order valence-electron chi connectivity index (χ1n) is 6.48. The molecule has 20 heavy (non-hydrogen) atoms. The highest BCUT2D eigenvalue weighted by Crippen LogP contribution is 2.27. The Hall–Kier alpha value is -1.56. The molecule has 1 aromatic rings. The van der Waals surface area contributed by atoms with Gasteiger partial charge >= 0.3 is 0 Å². The van der Waals surface area contributed by atoms with E-state index >= 15 is 0 Å². The minimum Gasteiger partial charge on any atom is -0.497 e. The van der Waals surface area contributed by atoms with Gasteiger partial charge in [-0.1, -0.05) is 12.2 Å². The van der Waals surface area contributed by atoms with Crippen molar-refractivity contribution in [1.29, 1.82) is 0 Å². The first-order chi connectivity index (χ1) is 9.56. The summed E-state index contributed by atoms with van der Waals surface area (Å²) in [7, 11) is 3.18. The molecule has 1 aliphatic heterocycles. The molecule has 2 N–H and O–H groups in total. The molecule has 1 fully saturated rings. The number of rotatable bonds is 4. The van der Waals surface area contributed by atoms with Gasteiger partial charge in [0, 0.05) is 11.6 Å². The maximum atomic E-state index is 9.84. The lowest BCUT2D eigenvalue weighted by Gasteiger charge is -2.11. The number of methoxy groups -OCH3 is 2. The van der Waals surface area contributed by atoms with Crippen molar-refractivity contribution in [3.05, 3.63) is 29.8 Å². The predicted molar refractivity (Wildman–Crippen MR) is 74.9 cm³/mol. The highest BCUT2D eigenvalue weighted by molar-refractivity contribution is 5.59. The number of ether oxygens (including phenoxy) is 3. The Bertz CT molecular complexity index is 485. The third kappa shape index (κ3) is 2.95. The minimum atomic E-state index is -0.912. The summed E-state index contributed by atoms with van der Waals surface area (Å²) in [5, 5.41) is 19.5. The van der Waals surface area contributed by atoms with Gasteiger partial charge in [0.2, 0.25) is 0 Å². The Morgan fingerprint density at radius 1 is 1.15 bits per heavy atom. The van der Waals surface area contributed by atoms with Crippen molar-refractivity contribution >= 4 is 6.08 Å². The molecule has 0 aromatic heterocycles. The summed E-state index contributed by atoms with van der Waals surface area (Å²) < 4.78 is 15.9. The average Bonchev–Trinajstić information content (AvgIpc) is 2.72. The third-order valence-electron chi connectivity index (χ3n) is 3.45. The van der Waals surface area contributed by atoms with E-state index in [1.54, 1.807) is 39.4 Å². The van der Waals surface area contributed by atoms with Crippen LogP contribution in [0.25, 0.3) is 6.08 Å². The van der Waals surface area contributed by atoms with E-state index in [0.29, 0.717) is 11.5 Å². The molecule has 1 aromatic carbocycles. The minimum absolute atomic E-state index is 0.377. The van der Waals surface area contributed by atoms with Crippen molar-refractivity contribution < 1.29 is 24.4 Å². The van der Waals surface area contributed by atoms with E-state index < -0.39 is 18.3 Å². The fourth-order valence-electron chi connectivity index (χ4n) is 2.19. The summed E-state index contributed by atoms with van der Waals surface area (Å²) >= 11 is 0. The Labute approximate surface area is 118 Å². The van der Waals surface area contributed by atoms with Gasteiger partial charge in [-0.05, 0) is 19.1 Å². The molecule has 110 valence electrons. The van der Waals surface area contributed by atoms with Gasteiger partial charge in [-0.25, -0.2) is 0 Å². The number of benzene rings is 1. The Balaban J connectivity index is 2.15. The smallest absolute Gasteiger partial charge is 0.129 e. The van der Waals surface area contributed by atoms with Crippen LogP contribution in [0, 0.1) is 0 Å². The molecular weight excluding hydrogens is 260 g/mol. The third-order valence-corrected chi connectivity index (χ3v) is 3.45. The van der Waals surface area contributed by atoms with Crippen molar-refractivity contribution in [1.82, 2.24) is 0 Å². The van der Waals surface area contributed by atoms with Crippen LogP contribution in [0.15, 0.2) is 24.3 Å². The van der Waals surface area contributed by atoms with Gasteiger partial charge < -0.3 is 24.4 Å². The monoisotopic (exact) mass is 280 g/mol. The van der Waals surface area contributed by atoms with E-state index in [1.807, 2.05) is 12.1 Å². The zero-order chi connectivity index (χ0) is 14.7. The second kappa shape index (κ2) is 6.26. The van der Waals surface area contributed by atoms with Gasteiger partial charge in [0.15, 0.2) is 0 Å². The summed E-state index contributed by atoms with van der Waals surface area (Å²) in [4.78, 5) is 0. The molecule has 1 saturated heterocycles. The fourth-order valence-corrected chi connectivity index (χ4v) is 2.19. The second-order valence-corrected chi connectivity index (χ2v) is 4.75. The van der Waals surface area contributed by atoms with E-state index in [4.69, 9.17) is 14.2 Å². The molecule has 0 radical (unpaired) electrons. The van der Waals surface area contributed by atoms with E-state index in [-0.39, 0.29) is 6.10 Å². The molecule has 0 aliphatic carbocycles. The van der Waals surface area contributed by atoms with Crippen LogP contribution in [0.3, 0.4) is 0 Å². The van der Waals surface area contributed by atoms with Crippen LogP contribution in [0.4, 0.5) is 0 Å². The normalized spacial score (nSPS) is 29.9. The molecule has 5 heteroatoms. The van der Waals surface area contributed by atoms with Crippen LogP contribution < -0.4 is 9.47 Å². The first kappa shape index (κ1) is 14.8. The van der Waals surface area contributed by atoms with Gasteiger partial charge in [0.05, 0.1) is 20.3 Å². The first-order valence-corrected chi connectivity index (χ1v) is 6.48. The summed E-state index contributed by atoms with van der Waals surface area (Å²) in [5.41, 5.74) is 0.846. The van der Waals surface area contributed by atoms with Crippen molar-refractivity contribution in [3.8, 4) is 11.5 Å². The molecule has 0 bridgehead atoms. The van der Waals surface area contributed by atoms with E-state index in [1.165, 1.54) is 0 Å². The Morgan fingerprint density at radius 3 is 2.45 bits per heavy atom. The Kier molecular flexibility index (Phi) is 4.65. The van der Waals surface area contributed by atoms with Crippen molar-refractivity contribution in [2.24, 2.45) is 0 Å². The second-order valence-electron chi connectivity index (χ2n) is 4.75. The van der Waals surface area contributed by atoms with E-state index in [9.17, 15) is 10.2 Å². The van der Waals surface area contributed by atoms with Gasteiger partial charge in [-0.2, -0.15) is 0 Å². The van der Waals surface area contributed by atoms with Crippen LogP contribution in [-0.4, -0.2) is 48.8 Å². The number of aliphatic hydroxyl groups is 2. The van der Waals surface area contributed by atoms with E-state index in [2.05, 4.69) is 0 Å². The maximum Gasteiger partial charge on any atom is 0.129 e. The molecular formula is C15H20O5. The van der Waals surface area contributed by atoms with Crippen LogP contribution in [0.5, 0.6) is 11.5 Å². The molecule has 4 atom stereocenters. The number of aliphatic hydroxyl groups excluding tert-OH is 2. The summed E-state index contributed by atoms with van der Waals surface area (Å²) in [5.74, 6) is 1.38. The zero-order valence-electron chi connectivity index (χ0n) is 11.8. The molecule has 0 unspecified atom stereocenters. The molecule has 5 nitrogen and oxygen atoms in total. The maximum absolute atomic E-state index is 9.84. The molecule has 1 aliphatic rings.